The summed E-state index contributed by atoms with van der Waals surface area (Å²) in [6.07, 6.45) is 1.06. The number of hydrogen-bond donors (Lipinski definition) is 0. The minimum Gasteiger partial charge on any atom is -0.381 e. The number of hydrogen-bond acceptors (Lipinski definition) is 4. The van der Waals surface area contributed by atoms with E-state index in [0.717, 1.165) is 49.1 Å². The lowest BCUT2D eigenvalue weighted by atomic mass is 10.0. The van der Waals surface area contributed by atoms with E-state index in [-0.39, 0.29) is 0 Å². The van der Waals surface area contributed by atoms with E-state index in [1.165, 1.54) is 22.4 Å². The summed E-state index contributed by atoms with van der Waals surface area (Å²) in [7, 11) is 2.13. The Morgan fingerprint density at radius 3 is 2.59 bits per heavy atom. The van der Waals surface area contributed by atoms with E-state index in [9.17, 15) is 0 Å². The standard InChI is InChI=1S/C22H24N4O/c1-14-8-19(9-15(2)23-14)16-4-5-17-12-25(3)22-11-20(18-6-7-27-13-18)24-26(22)21(17)10-16/h4-5,8-11,18H,6-7,12-13H2,1-3H3. The molecule has 2 aliphatic rings. The summed E-state index contributed by atoms with van der Waals surface area (Å²) in [6.45, 7) is 6.61. The molecule has 5 nitrogen and oxygen atoms in total. The topological polar surface area (TPSA) is 43.2 Å². The van der Waals surface area contributed by atoms with E-state index in [0.29, 0.717) is 5.92 Å². The van der Waals surface area contributed by atoms with Gasteiger partial charge < -0.3 is 9.64 Å². The Bertz CT molecular complexity index is 997. The van der Waals surface area contributed by atoms with Crippen molar-refractivity contribution in [3.05, 3.63) is 59.0 Å². The summed E-state index contributed by atoms with van der Waals surface area (Å²) < 4.78 is 7.68. The smallest absolute Gasteiger partial charge is 0.132 e. The van der Waals surface area contributed by atoms with Gasteiger partial charge in [0.15, 0.2) is 0 Å². The molecule has 0 N–H and O–H groups in total. The minimum absolute atomic E-state index is 0.411. The molecule has 1 unspecified atom stereocenters. The minimum atomic E-state index is 0.411. The number of nitrogens with zero attached hydrogens (tertiary/aromatic N) is 4. The van der Waals surface area contributed by atoms with Crippen molar-refractivity contribution in [2.75, 3.05) is 25.2 Å². The molecule has 1 saturated heterocycles. The number of ether oxygens (including phenoxy) is 1. The summed E-state index contributed by atoms with van der Waals surface area (Å²) in [4.78, 5) is 6.78. The van der Waals surface area contributed by atoms with Crippen molar-refractivity contribution in [2.24, 2.45) is 0 Å². The molecule has 2 aromatic heterocycles. The molecule has 2 aliphatic heterocycles. The van der Waals surface area contributed by atoms with Gasteiger partial charge in [-0.05, 0) is 55.2 Å². The molecule has 3 aromatic rings. The molecule has 5 heteroatoms. The quantitative estimate of drug-likeness (QED) is 0.693. The number of aryl methyl sites for hydroxylation is 2. The second-order valence-corrected chi connectivity index (χ2v) is 7.74. The SMILES string of the molecule is Cc1cc(-c2ccc3c(c2)-n2nc(C4CCOC4)cc2N(C)C3)cc(C)n1. The fraction of sp³-hybridized carbons (Fsp3) is 0.364. The largest absolute Gasteiger partial charge is 0.381 e. The lowest BCUT2D eigenvalue weighted by Gasteiger charge is -2.28. The number of anilines is 1. The van der Waals surface area contributed by atoms with Crippen LogP contribution >= 0.6 is 0 Å². The Hall–Kier alpha value is -2.66. The fourth-order valence-electron chi connectivity index (χ4n) is 4.22. The number of fused-ring (bicyclic) bond motifs is 3. The van der Waals surface area contributed by atoms with E-state index in [1.807, 2.05) is 13.8 Å². The van der Waals surface area contributed by atoms with Crippen LogP contribution in [0.1, 0.15) is 35.0 Å². The van der Waals surface area contributed by atoms with Crippen LogP contribution in [0.3, 0.4) is 0 Å². The van der Waals surface area contributed by atoms with Crippen molar-refractivity contribution in [2.45, 2.75) is 32.7 Å². The molecule has 138 valence electrons. The second-order valence-electron chi connectivity index (χ2n) is 7.74. The van der Waals surface area contributed by atoms with Crippen LogP contribution in [0.4, 0.5) is 5.82 Å². The molecular weight excluding hydrogens is 336 g/mol. The summed E-state index contributed by atoms with van der Waals surface area (Å²) in [5.74, 6) is 1.57. The van der Waals surface area contributed by atoms with Gasteiger partial charge in [-0.3, -0.25) is 4.98 Å². The van der Waals surface area contributed by atoms with Crippen molar-refractivity contribution >= 4 is 5.82 Å². The van der Waals surface area contributed by atoms with Gasteiger partial charge in [-0.25, -0.2) is 4.68 Å². The van der Waals surface area contributed by atoms with Crippen LogP contribution in [0.5, 0.6) is 0 Å². The lowest BCUT2D eigenvalue weighted by molar-refractivity contribution is 0.193. The van der Waals surface area contributed by atoms with Gasteiger partial charge in [0.25, 0.3) is 0 Å². The predicted octanol–water partition coefficient (Wildman–Crippen LogP) is 4.00. The van der Waals surface area contributed by atoms with Crippen LogP contribution in [0.25, 0.3) is 16.8 Å². The number of pyridine rings is 1. The Balaban J connectivity index is 1.61. The van der Waals surface area contributed by atoms with Gasteiger partial charge >= 0.3 is 0 Å². The zero-order valence-electron chi connectivity index (χ0n) is 16.1. The lowest BCUT2D eigenvalue weighted by Crippen LogP contribution is -2.25. The molecule has 5 rings (SSSR count). The van der Waals surface area contributed by atoms with Crippen molar-refractivity contribution < 1.29 is 4.74 Å². The first-order valence-corrected chi connectivity index (χ1v) is 9.56. The normalized spacial score (nSPS) is 18.5. The number of benzene rings is 1. The number of rotatable bonds is 2. The van der Waals surface area contributed by atoms with Crippen LogP contribution < -0.4 is 4.90 Å². The van der Waals surface area contributed by atoms with Crippen molar-refractivity contribution in [1.29, 1.82) is 0 Å². The van der Waals surface area contributed by atoms with E-state index in [1.54, 1.807) is 0 Å². The monoisotopic (exact) mass is 360 g/mol. The number of aromatic nitrogens is 3. The van der Waals surface area contributed by atoms with Crippen LogP contribution in [-0.2, 0) is 11.3 Å². The second kappa shape index (κ2) is 6.20. The predicted molar refractivity (Wildman–Crippen MR) is 107 cm³/mol. The molecule has 0 spiro atoms. The summed E-state index contributed by atoms with van der Waals surface area (Å²) >= 11 is 0. The average Bonchev–Trinajstić information content (AvgIpc) is 3.31. The van der Waals surface area contributed by atoms with Crippen molar-refractivity contribution in [3.8, 4) is 16.8 Å². The highest BCUT2D eigenvalue weighted by atomic mass is 16.5. The zero-order valence-corrected chi connectivity index (χ0v) is 16.1. The van der Waals surface area contributed by atoms with Gasteiger partial charge in [0, 0.05) is 43.6 Å². The van der Waals surface area contributed by atoms with Crippen molar-refractivity contribution in [1.82, 2.24) is 14.8 Å². The van der Waals surface area contributed by atoms with E-state index >= 15 is 0 Å². The summed E-state index contributed by atoms with van der Waals surface area (Å²) in [5.41, 5.74) is 8.13. The maximum absolute atomic E-state index is 5.57. The zero-order chi connectivity index (χ0) is 18.5. The van der Waals surface area contributed by atoms with Gasteiger partial charge in [-0.15, -0.1) is 0 Å². The highest BCUT2D eigenvalue weighted by Crippen LogP contribution is 2.35. The fourth-order valence-corrected chi connectivity index (χ4v) is 4.22. The van der Waals surface area contributed by atoms with E-state index in [4.69, 9.17) is 9.84 Å². The molecule has 27 heavy (non-hydrogen) atoms. The molecule has 1 aromatic carbocycles. The third-order valence-corrected chi connectivity index (χ3v) is 5.58. The Morgan fingerprint density at radius 2 is 1.85 bits per heavy atom. The molecule has 4 heterocycles. The maximum Gasteiger partial charge on any atom is 0.132 e. The molecule has 1 atom stereocenters. The van der Waals surface area contributed by atoms with Gasteiger partial charge in [-0.1, -0.05) is 12.1 Å². The summed E-state index contributed by atoms with van der Waals surface area (Å²) in [6, 6.07) is 13.2. The third kappa shape index (κ3) is 2.82. The molecule has 0 radical (unpaired) electrons. The highest BCUT2D eigenvalue weighted by Gasteiger charge is 2.27. The van der Waals surface area contributed by atoms with Gasteiger partial charge in [0.05, 0.1) is 18.0 Å². The molecule has 0 amide bonds. The average molecular weight is 360 g/mol. The van der Waals surface area contributed by atoms with Crippen LogP contribution in [0.15, 0.2) is 36.4 Å². The Kier molecular flexibility index (Phi) is 3.79. The van der Waals surface area contributed by atoms with Gasteiger partial charge in [-0.2, -0.15) is 5.10 Å². The van der Waals surface area contributed by atoms with E-state index < -0.39 is 0 Å². The molecule has 0 bridgehead atoms. The Labute approximate surface area is 159 Å². The van der Waals surface area contributed by atoms with Gasteiger partial charge in [0.2, 0.25) is 0 Å². The highest BCUT2D eigenvalue weighted by molar-refractivity contribution is 5.70. The van der Waals surface area contributed by atoms with Crippen LogP contribution in [0.2, 0.25) is 0 Å². The van der Waals surface area contributed by atoms with Crippen molar-refractivity contribution in [3.63, 3.8) is 0 Å². The maximum atomic E-state index is 5.57. The van der Waals surface area contributed by atoms with E-state index in [2.05, 4.69) is 58.0 Å². The Morgan fingerprint density at radius 1 is 1.04 bits per heavy atom. The molecule has 0 aliphatic carbocycles. The van der Waals surface area contributed by atoms with Gasteiger partial charge in [0.1, 0.15) is 5.82 Å². The molecular formula is C22H24N4O. The molecule has 1 fully saturated rings. The van der Waals surface area contributed by atoms with Crippen LogP contribution in [-0.4, -0.2) is 35.0 Å². The third-order valence-electron chi connectivity index (χ3n) is 5.58. The first-order valence-electron chi connectivity index (χ1n) is 9.56. The summed E-state index contributed by atoms with van der Waals surface area (Å²) in [5, 5.41) is 4.98. The first kappa shape index (κ1) is 16.5. The van der Waals surface area contributed by atoms with Crippen LogP contribution in [0, 0.1) is 13.8 Å². The molecule has 0 saturated carbocycles. The first-order chi connectivity index (χ1) is 13.1.